The van der Waals surface area contributed by atoms with Crippen molar-refractivity contribution >= 4 is 0 Å². The van der Waals surface area contributed by atoms with E-state index in [9.17, 15) is 0 Å². The van der Waals surface area contributed by atoms with Gasteiger partial charge in [0.2, 0.25) is 0 Å². The molecule has 2 unspecified atom stereocenters. The van der Waals surface area contributed by atoms with E-state index < -0.39 is 0 Å². The molecule has 1 aromatic rings. The maximum atomic E-state index is 3.69. The topological polar surface area (TPSA) is 12.0 Å². The van der Waals surface area contributed by atoms with Crippen LogP contribution in [0.4, 0.5) is 0 Å². The number of aryl methyl sites for hydroxylation is 1. The molecule has 96 valence electrons. The predicted octanol–water partition coefficient (Wildman–Crippen LogP) is 3.95. The Balaban J connectivity index is 2.44. The molecular formula is C16H27N. The highest BCUT2D eigenvalue weighted by molar-refractivity contribution is 5.26. The van der Waals surface area contributed by atoms with E-state index >= 15 is 0 Å². The van der Waals surface area contributed by atoms with Gasteiger partial charge < -0.3 is 5.32 Å². The highest BCUT2D eigenvalue weighted by atomic mass is 14.9. The van der Waals surface area contributed by atoms with Crippen LogP contribution in [0.1, 0.15) is 45.2 Å². The molecule has 0 aliphatic carbocycles. The third kappa shape index (κ3) is 5.36. The summed E-state index contributed by atoms with van der Waals surface area (Å²) >= 11 is 0. The van der Waals surface area contributed by atoms with Crippen LogP contribution in [-0.2, 0) is 6.42 Å². The lowest BCUT2D eigenvalue weighted by Crippen LogP contribution is -2.36. The minimum absolute atomic E-state index is 0.546. The van der Waals surface area contributed by atoms with Crippen LogP contribution in [0.25, 0.3) is 0 Å². The molecule has 0 aromatic heterocycles. The van der Waals surface area contributed by atoms with Gasteiger partial charge in [-0.25, -0.2) is 0 Å². The molecule has 17 heavy (non-hydrogen) atoms. The molecule has 1 heteroatoms. The molecule has 0 spiro atoms. The van der Waals surface area contributed by atoms with Gasteiger partial charge in [0.15, 0.2) is 0 Å². The lowest BCUT2D eigenvalue weighted by molar-refractivity contribution is 0.400. The van der Waals surface area contributed by atoms with Gasteiger partial charge in [0.25, 0.3) is 0 Å². The second-order valence-electron chi connectivity index (χ2n) is 5.73. The van der Waals surface area contributed by atoms with Gasteiger partial charge in [-0.1, -0.05) is 38.1 Å². The second-order valence-corrected chi connectivity index (χ2v) is 5.73. The molecule has 0 amide bonds. The van der Waals surface area contributed by atoms with E-state index in [4.69, 9.17) is 0 Å². The van der Waals surface area contributed by atoms with Crippen LogP contribution in [-0.4, -0.2) is 12.1 Å². The van der Waals surface area contributed by atoms with E-state index in [-0.39, 0.29) is 0 Å². The lowest BCUT2D eigenvalue weighted by Gasteiger charge is -2.22. The summed E-state index contributed by atoms with van der Waals surface area (Å²) in [5.41, 5.74) is 2.86. The minimum Gasteiger partial charge on any atom is -0.311 e. The Morgan fingerprint density at radius 3 is 2.24 bits per heavy atom. The van der Waals surface area contributed by atoms with Gasteiger partial charge in [0.05, 0.1) is 0 Å². The molecule has 2 atom stereocenters. The van der Waals surface area contributed by atoms with E-state index in [1.807, 2.05) is 0 Å². The second kappa shape index (κ2) is 6.80. The van der Waals surface area contributed by atoms with Crippen LogP contribution < -0.4 is 5.32 Å². The molecular weight excluding hydrogens is 206 g/mol. The molecule has 0 saturated carbocycles. The fourth-order valence-electron chi connectivity index (χ4n) is 2.49. The summed E-state index contributed by atoms with van der Waals surface area (Å²) in [5, 5.41) is 3.69. The van der Waals surface area contributed by atoms with Crippen LogP contribution in [0, 0.1) is 12.8 Å². The van der Waals surface area contributed by atoms with E-state index in [1.165, 1.54) is 17.5 Å². The molecule has 1 nitrogen and oxygen atoms in total. The first-order valence-electron chi connectivity index (χ1n) is 6.79. The molecule has 1 N–H and O–H groups in total. The average Bonchev–Trinajstić information content (AvgIpc) is 2.19. The number of hydrogen-bond donors (Lipinski definition) is 1. The maximum absolute atomic E-state index is 3.69. The molecule has 1 aromatic carbocycles. The lowest BCUT2D eigenvalue weighted by atomic mass is 10.00. The number of benzene rings is 1. The van der Waals surface area contributed by atoms with E-state index in [0.29, 0.717) is 12.1 Å². The Kier molecular flexibility index (Phi) is 5.70. The minimum atomic E-state index is 0.546. The van der Waals surface area contributed by atoms with Gasteiger partial charge in [-0.15, -0.1) is 0 Å². The largest absolute Gasteiger partial charge is 0.311 e. The Labute approximate surface area is 107 Å². The summed E-state index contributed by atoms with van der Waals surface area (Å²) < 4.78 is 0. The Bertz CT molecular complexity index is 330. The number of hydrogen-bond acceptors (Lipinski definition) is 1. The zero-order chi connectivity index (χ0) is 12.8. The zero-order valence-corrected chi connectivity index (χ0v) is 12.0. The molecule has 1 rings (SSSR count). The molecule has 0 aliphatic heterocycles. The van der Waals surface area contributed by atoms with E-state index in [1.54, 1.807) is 0 Å². The first kappa shape index (κ1) is 14.2. The quantitative estimate of drug-likeness (QED) is 0.784. The summed E-state index contributed by atoms with van der Waals surface area (Å²) in [6.45, 7) is 11.3. The van der Waals surface area contributed by atoms with Gasteiger partial charge in [-0.05, 0) is 50.7 Å². The highest BCUT2D eigenvalue weighted by Crippen LogP contribution is 2.11. The van der Waals surface area contributed by atoms with Crippen LogP contribution in [0.15, 0.2) is 24.3 Å². The van der Waals surface area contributed by atoms with Crippen LogP contribution in [0.5, 0.6) is 0 Å². The summed E-state index contributed by atoms with van der Waals surface area (Å²) in [7, 11) is 0. The molecule has 0 bridgehead atoms. The average molecular weight is 233 g/mol. The third-order valence-electron chi connectivity index (χ3n) is 3.18. The highest BCUT2D eigenvalue weighted by Gasteiger charge is 2.10. The van der Waals surface area contributed by atoms with Crippen molar-refractivity contribution < 1.29 is 0 Å². The van der Waals surface area contributed by atoms with E-state index in [0.717, 1.165) is 12.3 Å². The van der Waals surface area contributed by atoms with Crippen LogP contribution in [0.2, 0.25) is 0 Å². The Morgan fingerprint density at radius 1 is 1.00 bits per heavy atom. The summed E-state index contributed by atoms with van der Waals surface area (Å²) in [5.74, 6) is 0.767. The van der Waals surface area contributed by atoms with Crippen molar-refractivity contribution in [2.45, 2.75) is 59.5 Å². The smallest absolute Gasteiger partial charge is 0.00817 e. The van der Waals surface area contributed by atoms with Gasteiger partial charge in [-0.2, -0.15) is 0 Å². The predicted molar refractivity (Wildman–Crippen MR) is 76.4 cm³/mol. The van der Waals surface area contributed by atoms with Gasteiger partial charge in [0.1, 0.15) is 0 Å². The maximum Gasteiger partial charge on any atom is 0.00817 e. The SMILES string of the molecule is Cc1ccccc1CC(C)NC(C)CC(C)C. The van der Waals surface area contributed by atoms with Crippen molar-refractivity contribution in [3.8, 4) is 0 Å². The molecule has 0 radical (unpaired) electrons. The fraction of sp³-hybridized carbons (Fsp3) is 0.625. The summed E-state index contributed by atoms with van der Waals surface area (Å²) in [6.07, 6.45) is 2.37. The first-order chi connectivity index (χ1) is 7.99. The zero-order valence-electron chi connectivity index (χ0n) is 12.0. The fourth-order valence-corrected chi connectivity index (χ4v) is 2.49. The monoisotopic (exact) mass is 233 g/mol. The van der Waals surface area contributed by atoms with Gasteiger partial charge in [-0.3, -0.25) is 0 Å². The molecule has 0 fully saturated rings. The van der Waals surface area contributed by atoms with Crippen LogP contribution in [0.3, 0.4) is 0 Å². The van der Waals surface area contributed by atoms with Crippen molar-refractivity contribution in [1.82, 2.24) is 5.32 Å². The van der Waals surface area contributed by atoms with Gasteiger partial charge >= 0.3 is 0 Å². The van der Waals surface area contributed by atoms with Crippen molar-refractivity contribution in [3.63, 3.8) is 0 Å². The van der Waals surface area contributed by atoms with Crippen molar-refractivity contribution in [3.05, 3.63) is 35.4 Å². The standard InChI is InChI=1S/C16H27N/c1-12(2)10-14(4)17-15(5)11-16-9-7-6-8-13(16)3/h6-9,12,14-15,17H,10-11H2,1-5H3. The van der Waals surface area contributed by atoms with Gasteiger partial charge in [0, 0.05) is 12.1 Å². The molecule has 0 heterocycles. The van der Waals surface area contributed by atoms with E-state index in [2.05, 4.69) is 64.2 Å². The van der Waals surface area contributed by atoms with Crippen molar-refractivity contribution in [2.24, 2.45) is 5.92 Å². The number of nitrogens with one attached hydrogen (secondary N) is 1. The number of rotatable bonds is 6. The first-order valence-corrected chi connectivity index (χ1v) is 6.79. The van der Waals surface area contributed by atoms with Crippen molar-refractivity contribution in [1.29, 1.82) is 0 Å². The van der Waals surface area contributed by atoms with Crippen LogP contribution >= 0.6 is 0 Å². The molecule has 0 aliphatic rings. The normalized spacial score (nSPS) is 14.9. The Hall–Kier alpha value is -0.820. The van der Waals surface area contributed by atoms with Crippen molar-refractivity contribution in [2.75, 3.05) is 0 Å². The summed E-state index contributed by atoms with van der Waals surface area (Å²) in [6, 6.07) is 9.82. The molecule has 0 saturated heterocycles. The Morgan fingerprint density at radius 2 is 1.65 bits per heavy atom. The summed E-state index contributed by atoms with van der Waals surface area (Å²) in [4.78, 5) is 0. The third-order valence-corrected chi connectivity index (χ3v) is 3.18.